The highest BCUT2D eigenvalue weighted by atomic mass is 79.9. The lowest BCUT2D eigenvalue weighted by atomic mass is 9.88. The third-order valence-electron chi connectivity index (χ3n) is 4.05. The molecule has 4 nitrogen and oxygen atoms in total. The number of rotatable bonds is 4. The van der Waals surface area contributed by atoms with E-state index in [0.29, 0.717) is 17.0 Å². The van der Waals surface area contributed by atoms with E-state index in [9.17, 15) is 8.42 Å². The van der Waals surface area contributed by atoms with Gasteiger partial charge in [-0.1, -0.05) is 36.7 Å². The molecular formula is C15H25BrN2O2S. The van der Waals surface area contributed by atoms with Gasteiger partial charge in [-0.2, -0.15) is 4.31 Å². The molecule has 120 valence electrons. The van der Waals surface area contributed by atoms with Crippen LogP contribution in [0.4, 0.5) is 0 Å². The van der Waals surface area contributed by atoms with Crippen molar-refractivity contribution in [2.45, 2.75) is 52.1 Å². The fraction of sp³-hybridized carbons (Fsp3) is 0.600. The largest absolute Gasteiger partial charge is 0.326 e. The van der Waals surface area contributed by atoms with Crippen LogP contribution in [0.1, 0.15) is 38.8 Å². The Bertz CT molecular complexity index is 621. The molecule has 0 fully saturated rings. The molecule has 0 radical (unpaired) electrons. The molecule has 0 aromatic heterocycles. The number of nitrogens with two attached hydrogens (primary N) is 1. The van der Waals surface area contributed by atoms with E-state index in [1.54, 1.807) is 20.0 Å². The Balaban J connectivity index is 3.41. The van der Waals surface area contributed by atoms with E-state index in [4.69, 9.17) is 5.73 Å². The molecule has 0 saturated heterocycles. The van der Waals surface area contributed by atoms with Crippen LogP contribution in [0.2, 0.25) is 0 Å². The third-order valence-corrected chi connectivity index (χ3v) is 6.93. The summed E-state index contributed by atoms with van der Waals surface area (Å²) in [6.45, 7) is 10.1. The van der Waals surface area contributed by atoms with Gasteiger partial charge in [0.25, 0.3) is 0 Å². The van der Waals surface area contributed by atoms with Crippen molar-refractivity contribution in [2.24, 2.45) is 11.1 Å². The van der Waals surface area contributed by atoms with Crippen molar-refractivity contribution < 1.29 is 8.42 Å². The van der Waals surface area contributed by atoms with Gasteiger partial charge >= 0.3 is 0 Å². The van der Waals surface area contributed by atoms with Crippen LogP contribution in [0, 0.1) is 12.3 Å². The molecule has 6 heteroatoms. The molecule has 0 amide bonds. The molecule has 1 aromatic carbocycles. The van der Waals surface area contributed by atoms with Crippen LogP contribution in [0.5, 0.6) is 0 Å². The molecule has 0 aliphatic rings. The van der Waals surface area contributed by atoms with Crippen molar-refractivity contribution in [1.82, 2.24) is 4.31 Å². The Labute approximate surface area is 136 Å². The highest BCUT2D eigenvalue weighted by Gasteiger charge is 2.33. The summed E-state index contributed by atoms with van der Waals surface area (Å²) in [5.74, 6) is 0. The summed E-state index contributed by atoms with van der Waals surface area (Å²) in [5, 5.41) is 0. The minimum Gasteiger partial charge on any atom is -0.326 e. The van der Waals surface area contributed by atoms with Gasteiger partial charge in [-0.05, 0) is 42.5 Å². The van der Waals surface area contributed by atoms with E-state index < -0.39 is 10.0 Å². The van der Waals surface area contributed by atoms with Crippen LogP contribution in [-0.2, 0) is 16.6 Å². The molecule has 21 heavy (non-hydrogen) atoms. The minimum absolute atomic E-state index is 0.123. The van der Waals surface area contributed by atoms with Crippen LogP contribution in [0.25, 0.3) is 0 Å². The van der Waals surface area contributed by atoms with Gasteiger partial charge in [0, 0.05) is 24.1 Å². The maximum atomic E-state index is 12.9. The molecule has 2 N–H and O–H groups in total. The zero-order chi connectivity index (χ0) is 16.6. The summed E-state index contributed by atoms with van der Waals surface area (Å²) in [7, 11) is -1.93. The molecule has 1 unspecified atom stereocenters. The Kier molecular flexibility index (Phi) is 5.64. The summed E-state index contributed by atoms with van der Waals surface area (Å²) in [5.41, 5.74) is 7.02. The average molecular weight is 377 g/mol. The lowest BCUT2D eigenvalue weighted by Gasteiger charge is -2.35. The van der Waals surface area contributed by atoms with Crippen molar-refractivity contribution in [3.05, 3.63) is 27.7 Å². The second-order valence-corrected chi connectivity index (χ2v) is 9.29. The van der Waals surface area contributed by atoms with E-state index in [1.165, 1.54) is 4.31 Å². The number of hydrogen-bond acceptors (Lipinski definition) is 3. The summed E-state index contributed by atoms with van der Waals surface area (Å²) in [6, 6.07) is 3.41. The topological polar surface area (TPSA) is 63.4 Å². The second kappa shape index (κ2) is 6.36. The molecular weight excluding hydrogens is 352 g/mol. The number of hydrogen-bond donors (Lipinski definition) is 1. The summed E-state index contributed by atoms with van der Waals surface area (Å²) < 4.78 is 28.1. The van der Waals surface area contributed by atoms with Crippen molar-refractivity contribution >= 4 is 26.0 Å². The zero-order valence-corrected chi connectivity index (χ0v) is 16.0. The lowest BCUT2D eigenvalue weighted by molar-refractivity contribution is 0.216. The Morgan fingerprint density at radius 3 is 2.29 bits per heavy atom. The molecule has 0 bridgehead atoms. The van der Waals surface area contributed by atoms with Gasteiger partial charge in [-0.3, -0.25) is 0 Å². The van der Waals surface area contributed by atoms with E-state index in [2.05, 4.69) is 15.9 Å². The van der Waals surface area contributed by atoms with Crippen LogP contribution in [0.3, 0.4) is 0 Å². The predicted octanol–water partition coefficient (Wildman–Crippen LogP) is 3.27. The lowest BCUT2D eigenvalue weighted by Crippen LogP contribution is -2.43. The van der Waals surface area contributed by atoms with Crippen molar-refractivity contribution in [3.63, 3.8) is 0 Å². The first-order chi connectivity index (χ1) is 9.42. The molecule has 0 heterocycles. The number of sulfonamides is 1. The molecule has 0 spiro atoms. The number of nitrogens with zero attached hydrogens (tertiary/aromatic N) is 1. The quantitative estimate of drug-likeness (QED) is 0.876. The maximum absolute atomic E-state index is 12.9. The normalized spacial score (nSPS) is 14.5. The van der Waals surface area contributed by atoms with Crippen molar-refractivity contribution in [2.75, 3.05) is 7.05 Å². The smallest absolute Gasteiger partial charge is 0.243 e. The molecule has 0 aliphatic heterocycles. The molecule has 1 aromatic rings. The Hall–Kier alpha value is -0.430. The van der Waals surface area contributed by atoms with E-state index in [1.807, 2.05) is 33.8 Å². The van der Waals surface area contributed by atoms with Gasteiger partial charge in [-0.25, -0.2) is 8.42 Å². The Morgan fingerprint density at radius 2 is 1.86 bits per heavy atom. The maximum Gasteiger partial charge on any atom is 0.243 e. The predicted molar refractivity (Wildman–Crippen MR) is 90.6 cm³/mol. The van der Waals surface area contributed by atoms with Gasteiger partial charge in [-0.15, -0.1) is 0 Å². The average Bonchev–Trinajstić information content (AvgIpc) is 2.38. The van der Waals surface area contributed by atoms with Gasteiger partial charge in [0.1, 0.15) is 0 Å². The summed E-state index contributed by atoms with van der Waals surface area (Å²) in [6.07, 6.45) is 0. The van der Waals surface area contributed by atoms with E-state index in [-0.39, 0.29) is 11.5 Å². The zero-order valence-electron chi connectivity index (χ0n) is 13.6. The summed E-state index contributed by atoms with van der Waals surface area (Å²) in [4.78, 5) is 0.316. The molecule has 0 aliphatic carbocycles. The fourth-order valence-corrected chi connectivity index (χ4v) is 4.48. The first kappa shape index (κ1) is 18.6. The molecule has 0 saturated carbocycles. The monoisotopic (exact) mass is 376 g/mol. The number of halogens is 1. The van der Waals surface area contributed by atoms with Gasteiger partial charge in [0.2, 0.25) is 10.0 Å². The van der Waals surface area contributed by atoms with Crippen molar-refractivity contribution in [3.8, 4) is 0 Å². The minimum atomic E-state index is -3.56. The molecule has 1 atom stereocenters. The second-order valence-electron chi connectivity index (χ2n) is 6.47. The fourth-order valence-electron chi connectivity index (χ4n) is 2.00. The number of benzene rings is 1. The highest BCUT2D eigenvalue weighted by Crippen LogP contribution is 2.31. The highest BCUT2D eigenvalue weighted by molar-refractivity contribution is 9.10. The first-order valence-corrected chi connectivity index (χ1v) is 9.13. The summed E-state index contributed by atoms with van der Waals surface area (Å²) >= 11 is 3.42. The van der Waals surface area contributed by atoms with Crippen LogP contribution in [0.15, 0.2) is 21.5 Å². The van der Waals surface area contributed by atoms with Crippen LogP contribution >= 0.6 is 15.9 Å². The van der Waals surface area contributed by atoms with Crippen molar-refractivity contribution in [1.29, 1.82) is 0 Å². The Morgan fingerprint density at radius 1 is 1.33 bits per heavy atom. The van der Waals surface area contributed by atoms with Crippen LogP contribution < -0.4 is 5.73 Å². The van der Waals surface area contributed by atoms with E-state index in [0.717, 1.165) is 10.0 Å². The third kappa shape index (κ3) is 3.86. The van der Waals surface area contributed by atoms with Gasteiger partial charge < -0.3 is 5.73 Å². The SMILES string of the molecule is Cc1c(Br)cc(CN)cc1S(=O)(=O)N(C)C(C)C(C)(C)C. The van der Waals surface area contributed by atoms with Gasteiger partial charge in [0.05, 0.1) is 4.90 Å². The van der Waals surface area contributed by atoms with E-state index >= 15 is 0 Å². The van der Waals surface area contributed by atoms with Gasteiger partial charge in [0.15, 0.2) is 0 Å². The van der Waals surface area contributed by atoms with Crippen LogP contribution in [-0.4, -0.2) is 25.8 Å². The standard InChI is InChI=1S/C15H25BrN2O2S/c1-10-13(16)7-12(9-17)8-14(10)21(19,20)18(6)11(2)15(3,4)5/h7-8,11H,9,17H2,1-6H3. The first-order valence-electron chi connectivity index (χ1n) is 6.90. The molecule has 1 rings (SSSR count).